The fourth-order valence-electron chi connectivity index (χ4n) is 3.59. The van der Waals surface area contributed by atoms with E-state index >= 15 is 0 Å². The van der Waals surface area contributed by atoms with Gasteiger partial charge in [-0.05, 0) is 50.2 Å². The van der Waals surface area contributed by atoms with Crippen molar-refractivity contribution in [2.24, 2.45) is 5.73 Å². The largest absolute Gasteiger partial charge is 0.442 e. The number of carbonyl (C=O) groups excluding carboxylic acids is 1. The lowest BCUT2D eigenvalue weighted by molar-refractivity contribution is 0.143. The molecule has 2 aliphatic heterocycles. The number of rotatable bonds is 6. The van der Waals surface area contributed by atoms with Gasteiger partial charge in [-0.1, -0.05) is 12.2 Å². The lowest BCUT2D eigenvalue weighted by Gasteiger charge is -2.39. The van der Waals surface area contributed by atoms with Crippen LogP contribution in [0.1, 0.15) is 19.8 Å². The summed E-state index contributed by atoms with van der Waals surface area (Å²) in [6.45, 7) is 3.39. The van der Waals surface area contributed by atoms with E-state index in [9.17, 15) is 14.4 Å². The van der Waals surface area contributed by atoms with Gasteiger partial charge in [0.05, 0.1) is 35.5 Å². The van der Waals surface area contributed by atoms with E-state index in [-0.39, 0.29) is 11.2 Å². The van der Waals surface area contributed by atoms with Crippen molar-refractivity contribution in [2.75, 3.05) is 36.0 Å². The van der Waals surface area contributed by atoms with Crippen molar-refractivity contribution >= 4 is 52.0 Å². The molecule has 1 unspecified atom stereocenters. The molecular formula is C19H24FN7O2S2. The summed E-state index contributed by atoms with van der Waals surface area (Å²) in [5.41, 5.74) is 10.9. The number of nitriles is 1. The quantitative estimate of drug-likeness (QED) is 0.361. The van der Waals surface area contributed by atoms with E-state index in [1.165, 1.54) is 11.0 Å². The number of cyclic esters (lactones) is 1. The molecule has 1 amide bonds. The van der Waals surface area contributed by atoms with Crippen LogP contribution in [0.15, 0.2) is 18.2 Å². The van der Waals surface area contributed by atoms with Gasteiger partial charge in [0.2, 0.25) is 0 Å². The number of anilines is 2. The van der Waals surface area contributed by atoms with E-state index in [1.54, 1.807) is 19.1 Å². The third-order valence-corrected chi connectivity index (χ3v) is 5.54. The number of carbonyl (C=O) groups is 1. The summed E-state index contributed by atoms with van der Waals surface area (Å²) in [6, 6.07) is 6.92. The van der Waals surface area contributed by atoms with Gasteiger partial charge in [-0.2, -0.15) is 5.26 Å². The van der Waals surface area contributed by atoms with E-state index in [1.807, 2.05) is 4.90 Å². The summed E-state index contributed by atoms with van der Waals surface area (Å²) >= 11 is 9.73. The first kappa shape index (κ1) is 22.9. The van der Waals surface area contributed by atoms with Gasteiger partial charge in [-0.25, -0.2) is 14.6 Å². The molecule has 5 N–H and O–H groups in total. The van der Waals surface area contributed by atoms with Gasteiger partial charge < -0.3 is 20.7 Å². The molecule has 0 radical (unpaired) electrons. The molecular weight excluding hydrogens is 441 g/mol. The van der Waals surface area contributed by atoms with Crippen molar-refractivity contribution in [3.05, 3.63) is 24.0 Å². The Morgan fingerprint density at radius 1 is 1.42 bits per heavy atom. The number of benzene rings is 1. The molecule has 31 heavy (non-hydrogen) atoms. The number of nitrogens with zero attached hydrogens (tertiary/aromatic N) is 3. The molecule has 1 aromatic carbocycles. The second-order valence-corrected chi connectivity index (χ2v) is 8.54. The van der Waals surface area contributed by atoms with Gasteiger partial charge in [0.1, 0.15) is 17.5 Å². The van der Waals surface area contributed by atoms with Crippen LogP contribution >= 0.6 is 24.4 Å². The molecule has 3 rings (SSSR count). The number of piperidine rings is 1. The second kappa shape index (κ2) is 9.59. The second-order valence-electron chi connectivity index (χ2n) is 7.48. The zero-order chi connectivity index (χ0) is 22.6. The first-order valence-electron chi connectivity index (χ1n) is 9.74. The van der Waals surface area contributed by atoms with Gasteiger partial charge in [0.15, 0.2) is 5.11 Å². The summed E-state index contributed by atoms with van der Waals surface area (Å²) in [4.78, 5) is 16.1. The number of nitrogens with two attached hydrogens (primary N) is 1. The Morgan fingerprint density at radius 3 is 2.71 bits per heavy atom. The van der Waals surface area contributed by atoms with E-state index in [2.05, 4.69) is 22.2 Å². The van der Waals surface area contributed by atoms with E-state index in [0.29, 0.717) is 55.4 Å². The first-order valence-corrected chi connectivity index (χ1v) is 10.6. The number of hydrogen-bond acceptors (Lipinski definition) is 7. The van der Waals surface area contributed by atoms with Crippen LogP contribution in [-0.2, 0) is 4.74 Å². The number of nitrogens with one attached hydrogen (secondary N) is 3. The van der Waals surface area contributed by atoms with Crippen LogP contribution in [0.5, 0.6) is 0 Å². The van der Waals surface area contributed by atoms with E-state index < -0.39 is 17.4 Å². The van der Waals surface area contributed by atoms with Crippen molar-refractivity contribution in [2.45, 2.75) is 31.4 Å². The Balaban J connectivity index is 1.64. The third-order valence-electron chi connectivity index (χ3n) is 5.29. The lowest BCUT2D eigenvalue weighted by Crippen LogP contribution is -2.59. The number of amides is 1. The van der Waals surface area contributed by atoms with Crippen molar-refractivity contribution < 1.29 is 13.9 Å². The normalized spacial score (nSPS) is 20.0. The van der Waals surface area contributed by atoms with Gasteiger partial charge >= 0.3 is 6.09 Å². The highest BCUT2D eigenvalue weighted by atomic mass is 32.1. The minimum Gasteiger partial charge on any atom is -0.442 e. The van der Waals surface area contributed by atoms with Gasteiger partial charge in [-0.3, -0.25) is 10.3 Å². The summed E-state index contributed by atoms with van der Waals surface area (Å²) in [6.07, 6.45) is 0.0189. The minimum absolute atomic E-state index is 0.0505. The topological polar surface area (TPSA) is 119 Å². The Morgan fingerprint density at radius 2 is 2.13 bits per heavy atom. The molecule has 0 aromatic heterocycles. The molecule has 0 bridgehead atoms. The molecule has 0 spiro atoms. The summed E-state index contributed by atoms with van der Waals surface area (Å²) in [5.74, 6) is -0.444. The molecule has 0 aliphatic carbocycles. The highest BCUT2D eigenvalue weighted by molar-refractivity contribution is 7.80. The number of hydrogen-bond donors (Lipinski definition) is 4. The first-order chi connectivity index (χ1) is 14.7. The van der Waals surface area contributed by atoms with Crippen LogP contribution in [0.3, 0.4) is 0 Å². The molecule has 12 heteroatoms. The summed E-state index contributed by atoms with van der Waals surface area (Å²) in [7, 11) is 0. The lowest BCUT2D eigenvalue weighted by atomic mass is 9.89. The van der Waals surface area contributed by atoms with Gasteiger partial charge in [-0.15, -0.1) is 0 Å². The van der Waals surface area contributed by atoms with Crippen LogP contribution in [0.2, 0.25) is 0 Å². The Labute approximate surface area is 190 Å². The standard InChI is InChI=1S/C19H24FN7O2S2/c1-12(30)23-9-14-10-27(18(28)29-14)13-2-3-16(15(20)8-13)26-6-4-19(11-21,5-7-26)25-24-17(22)31/h2-3,8,14,25H,4-7,9-10H2,1H3,(H,23,30)(H3,22,24,31). The maximum Gasteiger partial charge on any atom is 0.414 e. The summed E-state index contributed by atoms with van der Waals surface area (Å²) < 4.78 is 20.2. The fourth-order valence-corrected chi connectivity index (χ4v) is 3.73. The highest BCUT2D eigenvalue weighted by Crippen LogP contribution is 2.31. The van der Waals surface area contributed by atoms with Gasteiger partial charge in [0, 0.05) is 13.1 Å². The van der Waals surface area contributed by atoms with Crippen LogP contribution in [0, 0.1) is 17.1 Å². The number of ether oxygens (including phenoxy) is 1. The highest BCUT2D eigenvalue weighted by Gasteiger charge is 2.36. The third kappa shape index (κ3) is 5.49. The van der Waals surface area contributed by atoms with Crippen molar-refractivity contribution in [3.8, 4) is 6.07 Å². The number of halogens is 1. The van der Waals surface area contributed by atoms with E-state index in [0.717, 1.165) is 0 Å². The molecule has 2 aliphatic rings. The van der Waals surface area contributed by atoms with Crippen LogP contribution in [-0.4, -0.2) is 54.0 Å². The Bertz CT molecular complexity index is 915. The molecule has 1 atom stereocenters. The molecule has 2 heterocycles. The predicted octanol–water partition coefficient (Wildman–Crippen LogP) is 1.29. The maximum absolute atomic E-state index is 14.9. The zero-order valence-electron chi connectivity index (χ0n) is 17.0. The molecule has 166 valence electrons. The average Bonchev–Trinajstić information content (AvgIpc) is 3.12. The van der Waals surface area contributed by atoms with E-state index in [4.69, 9.17) is 34.9 Å². The average molecular weight is 466 g/mol. The fraction of sp³-hybridized carbons (Fsp3) is 0.474. The maximum atomic E-state index is 14.9. The molecule has 9 nitrogen and oxygen atoms in total. The van der Waals surface area contributed by atoms with Crippen molar-refractivity contribution in [1.29, 1.82) is 5.26 Å². The molecule has 0 saturated carbocycles. The Kier molecular flexibility index (Phi) is 7.09. The molecule has 2 fully saturated rings. The molecule has 1 aromatic rings. The summed E-state index contributed by atoms with van der Waals surface area (Å²) in [5, 5.41) is 12.6. The smallest absolute Gasteiger partial charge is 0.414 e. The van der Waals surface area contributed by atoms with Crippen LogP contribution in [0.4, 0.5) is 20.6 Å². The molecule has 2 saturated heterocycles. The predicted molar refractivity (Wildman–Crippen MR) is 123 cm³/mol. The van der Waals surface area contributed by atoms with Crippen molar-refractivity contribution in [3.63, 3.8) is 0 Å². The number of hydrazine groups is 1. The Hall–Kier alpha value is -2.75. The van der Waals surface area contributed by atoms with Gasteiger partial charge in [0.25, 0.3) is 0 Å². The number of thiocarbonyl (C=S) groups is 2. The SMILES string of the molecule is CC(=S)NCC1CN(c2ccc(N3CCC(C#N)(NNC(N)=S)CC3)c(F)c2)C(=O)O1. The van der Waals surface area contributed by atoms with Crippen molar-refractivity contribution in [1.82, 2.24) is 16.2 Å². The van der Waals surface area contributed by atoms with Crippen LogP contribution < -0.4 is 31.7 Å². The zero-order valence-corrected chi connectivity index (χ0v) is 18.6. The minimum atomic E-state index is -0.834. The monoisotopic (exact) mass is 465 g/mol. The van der Waals surface area contributed by atoms with Crippen LogP contribution in [0.25, 0.3) is 0 Å².